The number of likely N-dealkylation sites (tertiary alicyclic amines) is 1. The molecule has 0 aromatic carbocycles. The zero-order valence-electron chi connectivity index (χ0n) is 12.5. The smallest absolute Gasteiger partial charge is 0.410 e. The number of H-pyrrole nitrogens is 1. The van der Waals surface area contributed by atoms with Gasteiger partial charge in [0.05, 0.1) is 11.9 Å². The van der Waals surface area contributed by atoms with Crippen molar-refractivity contribution < 1.29 is 19.4 Å². The highest BCUT2D eigenvalue weighted by molar-refractivity contribution is 5.88. The van der Waals surface area contributed by atoms with Gasteiger partial charge in [0.2, 0.25) is 0 Å². The number of hydrogen-bond donors (Lipinski definition) is 2. The highest BCUT2D eigenvalue weighted by Gasteiger charge is 2.31. The van der Waals surface area contributed by atoms with Crippen LogP contribution in [0.25, 0.3) is 0 Å². The van der Waals surface area contributed by atoms with E-state index in [0.717, 1.165) is 12.8 Å². The average Bonchev–Trinajstić information content (AvgIpc) is 2.86. The molecule has 7 nitrogen and oxygen atoms in total. The van der Waals surface area contributed by atoms with Crippen molar-refractivity contribution in [3.05, 3.63) is 17.5 Å². The van der Waals surface area contributed by atoms with E-state index in [-0.39, 0.29) is 17.6 Å². The van der Waals surface area contributed by atoms with Gasteiger partial charge < -0.3 is 14.7 Å². The summed E-state index contributed by atoms with van der Waals surface area (Å²) in [7, 11) is 0. The number of piperidine rings is 1. The van der Waals surface area contributed by atoms with Crippen LogP contribution in [0.4, 0.5) is 4.79 Å². The summed E-state index contributed by atoms with van der Waals surface area (Å²) in [6.45, 7) is 6.54. The summed E-state index contributed by atoms with van der Waals surface area (Å²) in [5.74, 6) is -1.06. The first-order valence-electron chi connectivity index (χ1n) is 7.02. The lowest BCUT2D eigenvalue weighted by Gasteiger charge is -2.33. The Morgan fingerprint density at radius 3 is 2.81 bits per heavy atom. The number of carboxylic acids is 1. The molecule has 1 atom stereocenters. The van der Waals surface area contributed by atoms with Gasteiger partial charge in [-0.3, -0.25) is 5.10 Å². The molecule has 1 aliphatic rings. The first kappa shape index (κ1) is 15.3. The van der Waals surface area contributed by atoms with Crippen molar-refractivity contribution in [3.8, 4) is 0 Å². The van der Waals surface area contributed by atoms with Gasteiger partial charge in [-0.05, 0) is 33.6 Å². The average molecular weight is 295 g/mol. The largest absolute Gasteiger partial charge is 0.478 e. The standard InChI is InChI=1S/C14H21N3O4/c1-14(2,3)21-13(20)17-6-4-5-9(8-17)11-10(12(18)19)7-15-16-11/h7,9H,4-6,8H2,1-3H3,(H,15,16)(H,18,19)/t9-/m0/s1. The summed E-state index contributed by atoms with van der Waals surface area (Å²) in [5, 5.41) is 15.7. The van der Waals surface area contributed by atoms with Crippen LogP contribution in [0.2, 0.25) is 0 Å². The molecule has 2 N–H and O–H groups in total. The third-order valence-corrected chi connectivity index (χ3v) is 3.38. The van der Waals surface area contributed by atoms with Crippen molar-refractivity contribution >= 4 is 12.1 Å². The van der Waals surface area contributed by atoms with Gasteiger partial charge in [0.25, 0.3) is 0 Å². The number of aromatic nitrogens is 2. The zero-order chi connectivity index (χ0) is 15.6. The second-order valence-corrected chi connectivity index (χ2v) is 6.27. The van der Waals surface area contributed by atoms with E-state index in [1.54, 1.807) is 4.90 Å². The third-order valence-electron chi connectivity index (χ3n) is 3.38. The quantitative estimate of drug-likeness (QED) is 0.872. The van der Waals surface area contributed by atoms with Crippen molar-refractivity contribution in [2.45, 2.75) is 45.1 Å². The van der Waals surface area contributed by atoms with E-state index < -0.39 is 11.6 Å². The summed E-state index contributed by atoms with van der Waals surface area (Å²) >= 11 is 0. The van der Waals surface area contributed by atoms with Crippen molar-refractivity contribution in [3.63, 3.8) is 0 Å². The maximum atomic E-state index is 12.1. The van der Waals surface area contributed by atoms with Gasteiger partial charge in [-0.15, -0.1) is 0 Å². The molecule has 0 unspecified atom stereocenters. The first-order chi connectivity index (χ1) is 9.78. The molecule has 1 aliphatic heterocycles. The Hall–Kier alpha value is -2.05. The molecule has 0 radical (unpaired) electrons. The lowest BCUT2D eigenvalue weighted by atomic mass is 9.93. The molecule has 1 saturated heterocycles. The number of carbonyl (C=O) groups is 2. The molecule has 0 bridgehead atoms. The SMILES string of the molecule is CC(C)(C)OC(=O)N1CCC[C@H](c2[nH]ncc2C(=O)O)C1. The number of amides is 1. The Kier molecular flexibility index (Phi) is 4.20. The predicted molar refractivity (Wildman–Crippen MR) is 75.3 cm³/mol. The monoisotopic (exact) mass is 295 g/mol. The molecule has 1 amide bonds. The summed E-state index contributed by atoms with van der Waals surface area (Å²) in [6.07, 6.45) is 2.58. The highest BCUT2D eigenvalue weighted by Crippen LogP contribution is 2.28. The highest BCUT2D eigenvalue weighted by atomic mass is 16.6. The molecule has 1 fully saturated rings. The van der Waals surface area contributed by atoms with Crippen molar-refractivity contribution in [2.75, 3.05) is 13.1 Å². The Morgan fingerprint density at radius 2 is 2.19 bits per heavy atom. The molecule has 0 aliphatic carbocycles. The van der Waals surface area contributed by atoms with Crippen LogP contribution < -0.4 is 0 Å². The third kappa shape index (κ3) is 3.74. The number of aromatic carboxylic acids is 1. The van der Waals surface area contributed by atoms with Crippen molar-refractivity contribution in [1.29, 1.82) is 0 Å². The van der Waals surface area contributed by atoms with E-state index in [1.807, 2.05) is 20.8 Å². The topological polar surface area (TPSA) is 95.5 Å². The summed E-state index contributed by atoms with van der Waals surface area (Å²) in [5.41, 5.74) is 0.214. The number of carboxylic acid groups (broad SMARTS) is 1. The Balaban J connectivity index is 2.09. The molecule has 0 spiro atoms. The Bertz CT molecular complexity index is 533. The first-order valence-corrected chi connectivity index (χ1v) is 7.02. The van der Waals surface area contributed by atoms with Gasteiger partial charge >= 0.3 is 12.1 Å². The summed E-state index contributed by atoms with van der Waals surface area (Å²) in [4.78, 5) is 24.9. The Morgan fingerprint density at radius 1 is 1.48 bits per heavy atom. The van der Waals surface area contributed by atoms with Crippen LogP contribution in [-0.2, 0) is 4.74 Å². The maximum Gasteiger partial charge on any atom is 0.410 e. The zero-order valence-corrected chi connectivity index (χ0v) is 12.5. The molecule has 0 saturated carbocycles. The summed E-state index contributed by atoms with van der Waals surface area (Å²) in [6, 6.07) is 0. The number of aromatic amines is 1. The van der Waals surface area contributed by atoms with Crippen molar-refractivity contribution in [2.24, 2.45) is 0 Å². The van der Waals surface area contributed by atoms with Crippen LogP contribution in [-0.4, -0.2) is 51.0 Å². The van der Waals surface area contributed by atoms with Gasteiger partial charge in [-0.2, -0.15) is 5.10 Å². The van der Waals surface area contributed by atoms with Crippen molar-refractivity contribution in [1.82, 2.24) is 15.1 Å². The van der Waals surface area contributed by atoms with Gasteiger partial charge in [0.15, 0.2) is 0 Å². The number of rotatable bonds is 2. The fourth-order valence-corrected chi connectivity index (χ4v) is 2.48. The molecule has 2 rings (SSSR count). The fraction of sp³-hybridized carbons (Fsp3) is 0.643. The second kappa shape index (κ2) is 5.75. The fourth-order valence-electron chi connectivity index (χ4n) is 2.48. The number of nitrogens with one attached hydrogen (secondary N) is 1. The van der Waals surface area contributed by atoms with Crippen LogP contribution in [0.1, 0.15) is 55.6 Å². The minimum atomic E-state index is -1.01. The van der Waals surface area contributed by atoms with E-state index in [1.165, 1.54) is 6.20 Å². The van der Waals surface area contributed by atoms with Crippen LogP contribution in [0.5, 0.6) is 0 Å². The summed E-state index contributed by atoms with van der Waals surface area (Å²) < 4.78 is 5.37. The minimum absolute atomic E-state index is 0.0557. The maximum absolute atomic E-state index is 12.1. The minimum Gasteiger partial charge on any atom is -0.478 e. The normalized spacial score (nSPS) is 19.4. The van der Waals surface area contributed by atoms with Gasteiger partial charge in [-0.1, -0.05) is 0 Å². The van der Waals surface area contributed by atoms with Crippen LogP contribution >= 0.6 is 0 Å². The van der Waals surface area contributed by atoms with Gasteiger partial charge in [0, 0.05) is 19.0 Å². The molecule has 2 heterocycles. The number of ether oxygens (including phenoxy) is 1. The molecule has 7 heteroatoms. The molecule has 21 heavy (non-hydrogen) atoms. The molecular formula is C14H21N3O4. The second-order valence-electron chi connectivity index (χ2n) is 6.27. The van der Waals surface area contributed by atoms with E-state index in [0.29, 0.717) is 18.8 Å². The van der Waals surface area contributed by atoms with Gasteiger partial charge in [0.1, 0.15) is 11.2 Å². The van der Waals surface area contributed by atoms with E-state index in [9.17, 15) is 9.59 Å². The predicted octanol–water partition coefficient (Wildman–Crippen LogP) is 2.22. The molecular weight excluding hydrogens is 274 g/mol. The van der Waals surface area contributed by atoms with E-state index in [2.05, 4.69) is 10.2 Å². The molecule has 1 aromatic rings. The number of carbonyl (C=O) groups excluding carboxylic acids is 1. The van der Waals surface area contributed by atoms with Crippen LogP contribution in [0.15, 0.2) is 6.20 Å². The van der Waals surface area contributed by atoms with Crippen LogP contribution in [0, 0.1) is 0 Å². The number of hydrogen-bond acceptors (Lipinski definition) is 4. The Labute approximate surface area is 123 Å². The lowest BCUT2D eigenvalue weighted by Crippen LogP contribution is -2.42. The van der Waals surface area contributed by atoms with E-state index >= 15 is 0 Å². The lowest BCUT2D eigenvalue weighted by molar-refractivity contribution is 0.0197. The van der Waals surface area contributed by atoms with E-state index in [4.69, 9.17) is 9.84 Å². The van der Waals surface area contributed by atoms with Gasteiger partial charge in [-0.25, -0.2) is 9.59 Å². The molecule has 116 valence electrons. The van der Waals surface area contributed by atoms with Crippen LogP contribution in [0.3, 0.4) is 0 Å². The number of nitrogens with zero attached hydrogens (tertiary/aromatic N) is 2. The molecule has 1 aromatic heterocycles.